The van der Waals surface area contributed by atoms with Gasteiger partial charge in [0.2, 0.25) is 0 Å². The highest BCUT2D eigenvalue weighted by atomic mass is 32.2. The predicted octanol–water partition coefficient (Wildman–Crippen LogP) is 6.00. The van der Waals surface area contributed by atoms with E-state index in [0.29, 0.717) is 13.0 Å². The smallest absolute Gasteiger partial charge is 0.264 e. The molecule has 0 unspecified atom stereocenters. The van der Waals surface area contributed by atoms with Crippen LogP contribution in [0, 0.1) is 6.92 Å². The first-order valence-electron chi connectivity index (χ1n) is 10.7. The molecular formula is C22H39NO3S. The average Bonchev–Trinajstić information content (AvgIpc) is 2.60. The van der Waals surface area contributed by atoms with Crippen LogP contribution in [0.4, 0.5) is 5.69 Å². The van der Waals surface area contributed by atoms with Gasteiger partial charge in [-0.15, -0.1) is 0 Å². The summed E-state index contributed by atoms with van der Waals surface area (Å²) in [5, 5.41) is 0. The minimum absolute atomic E-state index is 0.173. The summed E-state index contributed by atoms with van der Waals surface area (Å²) >= 11 is 0. The van der Waals surface area contributed by atoms with Gasteiger partial charge < -0.3 is 4.90 Å². The number of nitrogens with zero attached hydrogens (tertiary/aromatic N) is 1. The Hall–Kier alpha value is -1.07. The molecule has 1 rings (SSSR count). The first kappa shape index (κ1) is 24.0. The summed E-state index contributed by atoms with van der Waals surface area (Å²) in [6.45, 7) is 5.91. The molecule has 5 heteroatoms. The van der Waals surface area contributed by atoms with E-state index in [1.807, 2.05) is 6.07 Å². The maximum atomic E-state index is 11.0. The van der Waals surface area contributed by atoms with Gasteiger partial charge in [0.05, 0.1) is 5.75 Å². The first-order valence-corrected chi connectivity index (χ1v) is 12.3. The third-order valence-corrected chi connectivity index (χ3v) is 5.78. The zero-order valence-electron chi connectivity index (χ0n) is 17.3. The summed E-state index contributed by atoms with van der Waals surface area (Å²) in [6, 6.07) is 8.33. The Labute approximate surface area is 167 Å². The Morgan fingerprint density at radius 2 is 1.41 bits per heavy atom. The molecule has 0 fully saturated rings. The fourth-order valence-electron chi connectivity index (χ4n) is 3.42. The third kappa shape index (κ3) is 12.9. The lowest BCUT2D eigenvalue weighted by molar-refractivity contribution is 0.480. The maximum Gasteiger partial charge on any atom is 0.264 e. The van der Waals surface area contributed by atoms with E-state index in [2.05, 4.69) is 36.9 Å². The summed E-state index contributed by atoms with van der Waals surface area (Å²) in [5.41, 5.74) is 2.34. The molecule has 0 heterocycles. The van der Waals surface area contributed by atoms with Gasteiger partial charge >= 0.3 is 0 Å². The summed E-state index contributed by atoms with van der Waals surface area (Å²) < 4.78 is 30.9. The van der Waals surface area contributed by atoms with Crippen LogP contribution in [0.3, 0.4) is 0 Å². The lowest BCUT2D eigenvalue weighted by Crippen LogP contribution is -2.27. The van der Waals surface area contributed by atoms with Crippen molar-refractivity contribution in [3.8, 4) is 0 Å². The van der Waals surface area contributed by atoms with Crippen molar-refractivity contribution in [2.24, 2.45) is 0 Å². The van der Waals surface area contributed by atoms with Gasteiger partial charge in [0.1, 0.15) is 0 Å². The van der Waals surface area contributed by atoms with Crippen LogP contribution < -0.4 is 4.90 Å². The molecule has 4 nitrogen and oxygen atoms in total. The zero-order chi connectivity index (χ0) is 20.0. The molecular weight excluding hydrogens is 358 g/mol. The van der Waals surface area contributed by atoms with Gasteiger partial charge in [0, 0.05) is 18.8 Å². The predicted molar refractivity (Wildman–Crippen MR) is 116 cm³/mol. The zero-order valence-corrected chi connectivity index (χ0v) is 18.1. The Morgan fingerprint density at radius 1 is 0.852 bits per heavy atom. The van der Waals surface area contributed by atoms with Crippen LogP contribution in [0.1, 0.15) is 83.1 Å². The van der Waals surface area contributed by atoms with Crippen LogP contribution in [0.25, 0.3) is 0 Å². The van der Waals surface area contributed by atoms with E-state index in [1.54, 1.807) is 0 Å². The van der Waals surface area contributed by atoms with Crippen LogP contribution in [-0.4, -0.2) is 31.8 Å². The SMILES string of the molecule is CCCCCCCCCCCCN(CCCS(=O)(=O)O)c1cccc(C)c1. The molecule has 0 saturated carbocycles. The molecule has 0 saturated heterocycles. The van der Waals surface area contributed by atoms with Crippen molar-refractivity contribution in [3.63, 3.8) is 0 Å². The minimum Gasteiger partial charge on any atom is -0.371 e. The van der Waals surface area contributed by atoms with Crippen LogP contribution in [0.5, 0.6) is 0 Å². The summed E-state index contributed by atoms with van der Waals surface area (Å²) in [6.07, 6.45) is 13.5. The number of benzene rings is 1. The summed E-state index contributed by atoms with van der Waals surface area (Å²) in [7, 11) is -3.88. The van der Waals surface area contributed by atoms with Crippen LogP contribution in [-0.2, 0) is 10.1 Å². The van der Waals surface area contributed by atoms with Gasteiger partial charge in [-0.2, -0.15) is 8.42 Å². The van der Waals surface area contributed by atoms with Crippen LogP contribution in [0.2, 0.25) is 0 Å². The first-order chi connectivity index (χ1) is 12.9. The lowest BCUT2D eigenvalue weighted by Gasteiger charge is -2.25. The molecule has 0 atom stereocenters. The van der Waals surface area contributed by atoms with Crippen molar-refractivity contribution in [1.82, 2.24) is 0 Å². The van der Waals surface area contributed by atoms with Gasteiger partial charge in [-0.1, -0.05) is 76.8 Å². The van der Waals surface area contributed by atoms with Crippen molar-refractivity contribution < 1.29 is 13.0 Å². The number of anilines is 1. The van der Waals surface area contributed by atoms with Crippen LogP contribution in [0.15, 0.2) is 24.3 Å². The van der Waals surface area contributed by atoms with Gasteiger partial charge in [0.15, 0.2) is 0 Å². The Kier molecular flexibility index (Phi) is 12.4. The Bertz CT molecular complexity index is 601. The number of aryl methyl sites for hydroxylation is 1. The second-order valence-electron chi connectivity index (χ2n) is 7.65. The molecule has 0 spiro atoms. The molecule has 27 heavy (non-hydrogen) atoms. The van der Waals surface area contributed by atoms with E-state index in [4.69, 9.17) is 4.55 Å². The van der Waals surface area contributed by atoms with Crippen molar-refractivity contribution in [1.29, 1.82) is 0 Å². The van der Waals surface area contributed by atoms with E-state index in [-0.39, 0.29) is 5.75 Å². The third-order valence-electron chi connectivity index (χ3n) is 4.98. The summed E-state index contributed by atoms with van der Waals surface area (Å²) in [5.74, 6) is -0.173. The molecule has 0 aliphatic rings. The molecule has 0 radical (unpaired) electrons. The normalized spacial score (nSPS) is 11.7. The fraction of sp³-hybridized carbons (Fsp3) is 0.727. The molecule has 0 aliphatic carbocycles. The monoisotopic (exact) mass is 397 g/mol. The molecule has 1 aromatic carbocycles. The van der Waals surface area contributed by atoms with E-state index in [9.17, 15) is 8.42 Å². The highest BCUT2D eigenvalue weighted by molar-refractivity contribution is 7.85. The topological polar surface area (TPSA) is 57.6 Å². The van der Waals surface area contributed by atoms with E-state index < -0.39 is 10.1 Å². The quantitative estimate of drug-likeness (QED) is 0.274. The molecule has 0 amide bonds. The lowest BCUT2D eigenvalue weighted by atomic mass is 10.1. The molecule has 0 aromatic heterocycles. The maximum absolute atomic E-state index is 11.0. The largest absolute Gasteiger partial charge is 0.371 e. The Balaban J connectivity index is 2.30. The summed E-state index contributed by atoms with van der Waals surface area (Å²) in [4.78, 5) is 2.25. The van der Waals surface area contributed by atoms with Crippen LogP contribution >= 0.6 is 0 Å². The molecule has 1 aromatic rings. The van der Waals surface area contributed by atoms with E-state index in [0.717, 1.165) is 18.7 Å². The van der Waals surface area contributed by atoms with Gasteiger partial charge in [0.25, 0.3) is 10.1 Å². The highest BCUT2D eigenvalue weighted by Gasteiger charge is 2.10. The number of hydrogen-bond donors (Lipinski definition) is 1. The Morgan fingerprint density at radius 3 is 1.96 bits per heavy atom. The molecule has 0 bridgehead atoms. The van der Waals surface area contributed by atoms with Gasteiger partial charge in [-0.25, -0.2) is 0 Å². The molecule has 156 valence electrons. The van der Waals surface area contributed by atoms with E-state index >= 15 is 0 Å². The fourth-order valence-corrected chi connectivity index (χ4v) is 3.92. The number of rotatable bonds is 16. The van der Waals surface area contributed by atoms with Gasteiger partial charge in [-0.3, -0.25) is 4.55 Å². The van der Waals surface area contributed by atoms with Crippen molar-refractivity contribution in [2.45, 2.75) is 84.5 Å². The van der Waals surface area contributed by atoms with Crippen molar-refractivity contribution >= 4 is 15.8 Å². The molecule has 1 N–H and O–H groups in total. The average molecular weight is 398 g/mol. The second-order valence-corrected chi connectivity index (χ2v) is 9.22. The highest BCUT2D eigenvalue weighted by Crippen LogP contribution is 2.18. The second kappa shape index (κ2) is 14.0. The van der Waals surface area contributed by atoms with Gasteiger partial charge in [-0.05, 0) is 37.5 Å². The van der Waals surface area contributed by atoms with E-state index in [1.165, 1.54) is 63.4 Å². The number of hydrogen-bond acceptors (Lipinski definition) is 3. The van der Waals surface area contributed by atoms with Crippen molar-refractivity contribution in [3.05, 3.63) is 29.8 Å². The standard InChI is InChI=1S/C22H39NO3S/c1-3-4-5-6-7-8-9-10-11-12-17-23(18-14-19-27(24,25)26)22-16-13-15-21(2)20-22/h13,15-16,20H,3-12,14,17-19H2,1-2H3,(H,24,25,26). The van der Waals surface area contributed by atoms with Crippen molar-refractivity contribution in [2.75, 3.05) is 23.7 Å². The molecule has 0 aliphatic heterocycles. The minimum atomic E-state index is -3.88. The number of unbranched alkanes of at least 4 members (excludes halogenated alkanes) is 9.